The SMILES string of the molecule is CCC(C)C(NC)c1cc(C)ccc1F. The van der Waals surface area contributed by atoms with Gasteiger partial charge in [-0.15, -0.1) is 0 Å². The Balaban J connectivity index is 3.05. The quantitative estimate of drug-likeness (QED) is 0.801. The van der Waals surface area contributed by atoms with Gasteiger partial charge in [-0.2, -0.15) is 0 Å². The van der Waals surface area contributed by atoms with Gasteiger partial charge in [-0.25, -0.2) is 4.39 Å². The van der Waals surface area contributed by atoms with E-state index in [9.17, 15) is 4.39 Å². The molecule has 0 fully saturated rings. The molecule has 0 saturated carbocycles. The Morgan fingerprint density at radius 1 is 1.40 bits per heavy atom. The Labute approximate surface area is 91.7 Å². The van der Waals surface area contributed by atoms with Gasteiger partial charge in [-0.3, -0.25) is 0 Å². The van der Waals surface area contributed by atoms with Crippen LogP contribution in [-0.4, -0.2) is 7.05 Å². The number of halogens is 1. The first-order chi connectivity index (χ1) is 7.10. The Morgan fingerprint density at radius 2 is 2.07 bits per heavy atom. The molecule has 0 aliphatic rings. The zero-order chi connectivity index (χ0) is 11.4. The molecular weight excluding hydrogens is 189 g/mol. The average molecular weight is 209 g/mol. The van der Waals surface area contributed by atoms with E-state index in [4.69, 9.17) is 0 Å². The van der Waals surface area contributed by atoms with Crippen LogP contribution in [0, 0.1) is 18.7 Å². The van der Waals surface area contributed by atoms with Gasteiger partial charge in [0.2, 0.25) is 0 Å². The molecule has 2 atom stereocenters. The van der Waals surface area contributed by atoms with E-state index in [0.717, 1.165) is 17.5 Å². The molecule has 0 heterocycles. The van der Waals surface area contributed by atoms with Gasteiger partial charge in [-0.1, -0.05) is 38.0 Å². The fourth-order valence-corrected chi connectivity index (χ4v) is 1.88. The predicted octanol–water partition coefficient (Wildman–Crippen LogP) is 3.44. The molecule has 0 aromatic heterocycles. The number of nitrogens with one attached hydrogen (secondary N) is 1. The van der Waals surface area contributed by atoms with Crippen LogP contribution in [0.3, 0.4) is 0 Å². The van der Waals surface area contributed by atoms with Crippen LogP contribution in [0.25, 0.3) is 0 Å². The molecule has 2 unspecified atom stereocenters. The third-order valence-electron chi connectivity index (χ3n) is 3.01. The maximum Gasteiger partial charge on any atom is 0.128 e. The molecule has 1 aromatic rings. The Morgan fingerprint density at radius 3 is 2.60 bits per heavy atom. The largest absolute Gasteiger partial charge is 0.313 e. The molecule has 2 heteroatoms. The molecule has 1 aromatic carbocycles. The molecule has 1 nitrogen and oxygen atoms in total. The van der Waals surface area contributed by atoms with Crippen molar-refractivity contribution in [1.82, 2.24) is 5.32 Å². The lowest BCUT2D eigenvalue weighted by atomic mass is 9.91. The zero-order valence-corrected chi connectivity index (χ0v) is 9.97. The third kappa shape index (κ3) is 2.78. The van der Waals surface area contributed by atoms with Crippen LogP contribution in [0.2, 0.25) is 0 Å². The topological polar surface area (TPSA) is 12.0 Å². The van der Waals surface area contributed by atoms with Crippen LogP contribution in [0.5, 0.6) is 0 Å². The summed E-state index contributed by atoms with van der Waals surface area (Å²) in [5, 5.41) is 3.20. The summed E-state index contributed by atoms with van der Waals surface area (Å²) < 4.78 is 13.7. The van der Waals surface area contributed by atoms with E-state index in [0.29, 0.717) is 5.92 Å². The summed E-state index contributed by atoms with van der Waals surface area (Å²) in [5.74, 6) is 0.326. The zero-order valence-electron chi connectivity index (χ0n) is 9.97. The minimum Gasteiger partial charge on any atom is -0.313 e. The number of aryl methyl sites for hydroxylation is 1. The summed E-state index contributed by atoms with van der Waals surface area (Å²) >= 11 is 0. The molecule has 1 N–H and O–H groups in total. The average Bonchev–Trinajstić information content (AvgIpc) is 2.23. The maximum absolute atomic E-state index is 13.7. The van der Waals surface area contributed by atoms with Gasteiger partial charge in [-0.05, 0) is 26.0 Å². The highest BCUT2D eigenvalue weighted by molar-refractivity contribution is 5.27. The minimum atomic E-state index is -0.111. The molecular formula is C13H20FN. The predicted molar refractivity (Wildman–Crippen MR) is 62.4 cm³/mol. The number of hydrogen-bond acceptors (Lipinski definition) is 1. The summed E-state index contributed by atoms with van der Waals surface area (Å²) in [4.78, 5) is 0. The van der Waals surface area contributed by atoms with Crippen molar-refractivity contribution >= 4 is 0 Å². The molecule has 84 valence electrons. The lowest BCUT2D eigenvalue weighted by Crippen LogP contribution is -2.24. The van der Waals surface area contributed by atoms with E-state index in [1.807, 2.05) is 26.1 Å². The van der Waals surface area contributed by atoms with Crippen molar-refractivity contribution in [2.24, 2.45) is 5.92 Å². The number of benzene rings is 1. The van der Waals surface area contributed by atoms with E-state index in [2.05, 4.69) is 19.2 Å². The van der Waals surface area contributed by atoms with Crippen LogP contribution >= 0.6 is 0 Å². The Hall–Kier alpha value is -0.890. The van der Waals surface area contributed by atoms with E-state index in [1.54, 1.807) is 6.07 Å². The van der Waals surface area contributed by atoms with Crippen LogP contribution in [0.15, 0.2) is 18.2 Å². The van der Waals surface area contributed by atoms with Crippen LogP contribution in [0.1, 0.15) is 37.4 Å². The molecule has 0 radical (unpaired) electrons. The van der Waals surface area contributed by atoms with Crippen LogP contribution in [0.4, 0.5) is 4.39 Å². The second-order valence-electron chi connectivity index (χ2n) is 4.18. The highest BCUT2D eigenvalue weighted by atomic mass is 19.1. The molecule has 15 heavy (non-hydrogen) atoms. The van der Waals surface area contributed by atoms with Crippen molar-refractivity contribution < 1.29 is 4.39 Å². The van der Waals surface area contributed by atoms with Gasteiger partial charge in [0.25, 0.3) is 0 Å². The first kappa shape index (κ1) is 12.2. The van der Waals surface area contributed by atoms with Crippen molar-refractivity contribution in [3.05, 3.63) is 35.1 Å². The molecule has 0 amide bonds. The molecule has 0 saturated heterocycles. The Bertz CT molecular complexity index is 322. The standard InChI is InChI=1S/C13H20FN/c1-5-10(3)13(15-4)11-8-9(2)6-7-12(11)14/h6-8,10,13,15H,5H2,1-4H3. The summed E-state index contributed by atoms with van der Waals surface area (Å²) in [6.45, 7) is 6.26. The smallest absolute Gasteiger partial charge is 0.128 e. The monoisotopic (exact) mass is 209 g/mol. The lowest BCUT2D eigenvalue weighted by Gasteiger charge is -2.23. The van der Waals surface area contributed by atoms with Crippen LogP contribution in [-0.2, 0) is 0 Å². The normalized spacial score (nSPS) is 15.0. The molecule has 0 bridgehead atoms. The second kappa shape index (κ2) is 5.26. The molecule has 0 aliphatic heterocycles. The molecule has 0 aliphatic carbocycles. The first-order valence-electron chi connectivity index (χ1n) is 5.53. The van der Waals surface area contributed by atoms with Gasteiger partial charge in [0.1, 0.15) is 5.82 Å². The molecule has 0 spiro atoms. The number of rotatable bonds is 4. The maximum atomic E-state index is 13.7. The fraction of sp³-hybridized carbons (Fsp3) is 0.538. The van der Waals surface area contributed by atoms with Gasteiger partial charge in [0.05, 0.1) is 0 Å². The fourth-order valence-electron chi connectivity index (χ4n) is 1.88. The van der Waals surface area contributed by atoms with E-state index in [1.165, 1.54) is 0 Å². The summed E-state index contributed by atoms with van der Waals surface area (Å²) in [6, 6.07) is 5.40. The van der Waals surface area contributed by atoms with Crippen molar-refractivity contribution in [2.75, 3.05) is 7.05 Å². The van der Waals surface area contributed by atoms with Crippen LogP contribution < -0.4 is 5.32 Å². The highest BCUT2D eigenvalue weighted by Gasteiger charge is 2.19. The number of hydrogen-bond donors (Lipinski definition) is 1. The van der Waals surface area contributed by atoms with E-state index >= 15 is 0 Å². The molecule has 1 rings (SSSR count). The van der Waals surface area contributed by atoms with Crippen molar-refractivity contribution in [2.45, 2.75) is 33.2 Å². The summed E-state index contributed by atoms with van der Waals surface area (Å²) in [7, 11) is 1.89. The first-order valence-corrected chi connectivity index (χ1v) is 5.53. The van der Waals surface area contributed by atoms with E-state index in [-0.39, 0.29) is 11.9 Å². The summed E-state index contributed by atoms with van der Waals surface area (Å²) in [6.07, 6.45) is 1.04. The summed E-state index contributed by atoms with van der Waals surface area (Å²) in [5.41, 5.74) is 1.89. The van der Waals surface area contributed by atoms with Gasteiger partial charge in [0.15, 0.2) is 0 Å². The van der Waals surface area contributed by atoms with Crippen molar-refractivity contribution in [1.29, 1.82) is 0 Å². The van der Waals surface area contributed by atoms with Crippen molar-refractivity contribution in [3.8, 4) is 0 Å². The Kier molecular flexibility index (Phi) is 4.28. The van der Waals surface area contributed by atoms with Gasteiger partial charge in [0, 0.05) is 11.6 Å². The lowest BCUT2D eigenvalue weighted by molar-refractivity contribution is 0.387. The van der Waals surface area contributed by atoms with E-state index < -0.39 is 0 Å². The third-order valence-corrected chi connectivity index (χ3v) is 3.01. The highest BCUT2D eigenvalue weighted by Crippen LogP contribution is 2.26. The van der Waals surface area contributed by atoms with Gasteiger partial charge < -0.3 is 5.32 Å². The minimum absolute atomic E-state index is 0.106. The van der Waals surface area contributed by atoms with Crippen molar-refractivity contribution in [3.63, 3.8) is 0 Å². The second-order valence-corrected chi connectivity index (χ2v) is 4.18. The van der Waals surface area contributed by atoms with Gasteiger partial charge >= 0.3 is 0 Å².